The molecule has 0 aliphatic heterocycles. The third kappa shape index (κ3) is 5.00. The quantitative estimate of drug-likeness (QED) is 0.840. The molecule has 0 aromatic heterocycles. The lowest BCUT2D eigenvalue weighted by atomic mass is 10.0. The predicted octanol–water partition coefficient (Wildman–Crippen LogP) is 3.97. The van der Waals surface area contributed by atoms with Crippen molar-refractivity contribution in [3.63, 3.8) is 0 Å². The van der Waals surface area contributed by atoms with Crippen LogP contribution in [0, 0.1) is 11.6 Å². The molecule has 1 amide bonds. The number of amides is 1. The highest BCUT2D eigenvalue weighted by Gasteiger charge is 2.33. The minimum absolute atomic E-state index is 0. The van der Waals surface area contributed by atoms with E-state index < -0.39 is 17.7 Å². The number of carbonyl (C=O) groups excluding carboxylic acids is 1. The van der Waals surface area contributed by atoms with Gasteiger partial charge in [-0.3, -0.25) is 4.79 Å². The highest BCUT2D eigenvalue weighted by Crippen LogP contribution is 2.30. The Labute approximate surface area is 152 Å². The lowest BCUT2D eigenvalue weighted by Crippen LogP contribution is -2.35. The van der Waals surface area contributed by atoms with Crippen molar-refractivity contribution in [2.45, 2.75) is 37.9 Å². The Morgan fingerprint density at radius 1 is 1.16 bits per heavy atom. The van der Waals surface area contributed by atoms with Gasteiger partial charge in [0.2, 0.25) is 5.91 Å². The Kier molecular flexibility index (Phi) is 6.51. The highest BCUT2D eigenvalue weighted by atomic mass is 35.5. The first-order valence-corrected chi connectivity index (χ1v) is 8.08. The zero-order chi connectivity index (χ0) is 17.1. The second-order valence-corrected chi connectivity index (χ2v) is 6.21. The summed E-state index contributed by atoms with van der Waals surface area (Å²) in [5.74, 6) is -1.34. The number of hydrogen-bond donors (Lipinski definition) is 1. The molecule has 0 heterocycles. The van der Waals surface area contributed by atoms with E-state index >= 15 is 0 Å². The molecule has 134 valence electrons. The summed E-state index contributed by atoms with van der Waals surface area (Å²) in [6.45, 7) is 0.150. The fourth-order valence-electron chi connectivity index (χ4n) is 2.76. The lowest BCUT2D eigenvalue weighted by Gasteiger charge is -2.24. The number of benzene rings is 2. The van der Waals surface area contributed by atoms with E-state index in [1.807, 2.05) is 30.3 Å². The number of halogens is 3. The molecule has 1 atom stereocenters. The number of hydrogen-bond acceptors (Lipinski definition) is 2. The molecule has 1 fully saturated rings. The van der Waals surface area contributed by atoms with Crippen LogP contribution < -0.4 is 5.73 Å². The summed E-state index contributed by atoms with van der Waals surface area (Å²) < 4.78 is 26.9. The van der Waals surface area contributed by atoms with Gasteiger partial charge in [0.25, 0.3) is 0 Å². The van der Waals surface area contributed by atoms with Crippen LogP contribution in [0.5, 0.6) is 0 Å². The van der Waals surface area contributed by atoms with Crippen LogP contribution in [0.15, 0.2) is 48.5 Å². The van der Waals surface area contributed by atoms with Crippen molar-refractivity contribution < 1.29 is 13.6 Å². The third-order valence-corrected chi connectivity index (χ3v) is 4.29. The van der Waals surface area contributed by atoms with Crippen LogP contribution in [0.3, 0.4) is 0 Å². The van der Waals surface area contributed by atoms with E-state index in [4.69, 9.17) is 5.73 Å². The largest absolute Gasteiger partial charge is 0.335 e. The molecule has 3 nitrogen and oxygen atoms in total. The summed E-state index contributed by atoms with van der Waals surface area (Å²) in [4.78, 5) is 14.3. The molecule has 1 unspecified atom stereocenters. The zero-order valence-corrected chi connectivity index (χ0v) is 14.5. The maximum absolute atomic E-state index is 13.9. The maximum Gasteiger partial charge on any atom is 0.225 e. The van der Waals surface area contributed by atoms with E-state index in [2.05, 4.69) is 0 Å². The van der Waals surface area contributed by atoms with E-state index in [9.17, 15) is 13.6 Å². The molecule has 2 N–H and O–H groups in total. The lowest BCUT2D eigenvalue weighted by molar-refractivity contribution is -0.132. The van der Waals surface area contributed by atoms with Crippen LogP contribution in [0.2, 0.25) is 0 Å². The van der Waals surface area contributed by atoms with Crippen LogP contribution in [0.4, 0.5) is 8.78 Å². The van der Waals surface area contributed by atoms with E-state index in [0.29, 0.717) is 5.56 Å². The average Bonchev–Trinajstić information content (AvgIpc) is 3.39. The Hall–Kier alpha value is -1.98. The monoisotopic (exact) mass is 366 g/mol. The van der Waals surface area contributed by atoms with Gasteiger partial charge in [0.1, 0.15) is 11.6 Å². The third-order valence-electron chi connectivity index (χ3n) is 4.29. The normalized spacial score (nSPS) is 14.5. The van der Waals surface area contributed by atoms with Gasteiger partial charge in [0.15, 0.2) is 0 Å². The van der Waals surface area contributed by atoms with Crippen molar-refractivity contribution in [2.24, 2.45) is 5.73 Å². The molecule has 0 bridgehead atoms. The molecule has 6 heteroatoms. The Bertz CT molecular complexity index is 723. The Morgan fingerprint density at radius 3 is 2.44 bits per heavy atom. The van der Waals surface area contributed by atoms with Gasteiger partial charge in [0.05, 0.1) is 0 Å². The number of carbonyl (C=O) groups is 1. The molecule has 0 saturated heterocycles. The smallest absolute Gasteiger partial charge is 0.225 e. The fourth-order valence-corrected chi connectivity index (χ4v) is 2.76. The number of rotatable bonds is 6. The maximum atomic E-state index is 13.9. The number of nitrogens with zero attached hydrogens (tertiary/aromatic N) is 1. The van der Waals surface area contributed by atoms with Gasteiger partial charge in [-0.25, -0.2) is 8.78 Å². The predicted molar refractivity (Wildman–Crippen MR) is 95.2 cm³/mol. The molecule has 2 aromatic carbocycles. The van der Waals surface area contributed by atoms with Gasteiger partial charge in [-0.2, -0.15) is 0 Å². The minimum Gasteiger partial charge on any atom is -0.335 e. The van der Waals surface area contributed by atoms with Crippen molar-refractivity contribution in [3.05, 3.63) is 71.3 Å². The fraction of sp³-hybridized carbons (Fsp3) is 0.316. The second kappa shape index (κ2) is 8.41. The first kappa shape index (κ1) is 19.3. The van der Waals surface area contributed by atoms with Crippen molar-refractivity contribution in [1.29, 1.82) is 0 Å². The van der Waals surface area contributed by atoms with Gasteiger partial charge < -0.3 is 10.6 Å². The topological polar surface area (TPSA) is 46.3 Å². The molecular weight excluding hydrogens is 346 g/mol. The summed E-state index contributed by atoms with van der Waals surface area (Å²) in [5.41, 5.74) is 7.35. The van der Waals surface area contributed by atoms with Crippen LogP contribution in [0.1, 0.15) is 36.4 Å². The van der Waals surface area contributed by atoms with Crippen molar-refractivity contribution in [3.8, 4) is 0 Å². The van der Waals surface area contributed by atoms with Crippen LogP contribution in [-0.4, -0.2) is 16.8 Å². The van der Waals surface area contributed by atoms with E-state index in [1.54, 1.807) is 4.90 Å². The van der Waals surface area contributed by atoms with Gasteiger partial charge in [0, 0.05) is 36.7 Å². The minimum atomic E-state index is -0.624. The molecule has 3 rings (SSSR count). The summed E-state index contributed by atoms with van der Waals surface area (Å²) in [5, 5.41) is 0. The van der Waals surface area contributed by atoms with Crippen LogP contribution >= 0.6 is 12.4 Å². The SMILES string of the molecule is Cl.NC(CC(=O)N(Cc1ccc(F)cc1F)C1CC1)c1ccccc1. The summed E-state index contributed by atoms with van der Waals surface area (Å²) in [6, 6.07) is 12.6. The Morgan fingerprint density at radius 2 is 1.84 bits per heavy atom. The second-order valence-electron chi connectivity index (χ2n) is 6.21. The first-order valence-electron chi connectivity index (χ1n) is 8.08. The van der Waals surface area contributed by atoms with E-state index in [1.165, 1.54) is 12.1 Å². The van der Waals surface area contributed by atoms with Crippen molar-refractivity contribution >= 4 is 18.3 Å². The number of nitrogens with two attached hydrogens (primary N) is 1. The molecule has 1 aliphatic rings. The standard InChI is InChI=1S/C19H20F2N2O.ClH/c20-15-7-6-14(17(21)10-15)12-23(16-8-9-16)19(24)11-18(22)13-4-2-1-3-5-13;/h1-7,10,16,18H,8-9,11-12,22H2;1H. The average molecular weight is 367 g/mol. The van der Waals surface area contributed by atoms with Crippen molar-refractivity contribution in [1.82, 2.24) is 4.90 Å². The Balaban J connectivity index is 0.00000225. The molecule has 25 heavy (non-hydrogen) atoms. The molecule has 1 aliphatic carbocycles. The molecule has 2 aromatic rings. The van der Waals surface area contributed by atoms with Gasteiger partial charge in [-0.1, -0.05) is 36.4 Å². The van der Waals surface area contributed by atoms with Gasteiger partial charge in [-0.15, -0.1) is 12.4 Å². The summed E-state index contributed by atoms with van der Waals surface area (Å²) in [6.07, 6.45) is 1.99. The summed E-state index contributed by atoms with van der Waals surface area (Å²) in [7, 11) is 0. The molecule has 1 saturated carbocycles. The molecule has 0 spiro atoms. The molecule has 0 radical (unpaired) electrons. The van der Waals surface area contributed by atoms with E-state index in [-0.39, 0.29) is 37.3 Å². The van der Waals surface area contributed by atoms with Crippen molar-refractivity contribution in [2.75, 3.05) is 0 Å². The van der Waals surface area contributed by atoms with Crippen LogP contribution in [-0.2, 0) is 11.3 Å². The summed E-state index contributed by atoms with van der Waals surface area (Å²) >= 11 is 0. The van der Waals surface area contributed by atoms with Gasteiger partial charge in [-0.05, 0) is 24.5 Å². The van der Waals surface area contributed by atoms with E-state index in [0.717, 1.165) is 24.5 Å². The first-order chi connectivity index (χ1) is 11.5. The molecular formula is C19H21ClF2N2O. The zero-order valence-electron chi connectivity index (χ0n) is 13.7. The van der Waals surface area contributed by atoms with Gasteiger partial charge >= 0.3 is 0 Å². The van der Waals surface area contributed by atoms with Crippen LogP contribution in [0.25, 0.3) is 0 Å². The highest BCUT2D eigenvalue weighted by molar-refractivity contribution is 5.85.